The molecular formula is C9H19NO3. The van der Waals surface area contributed by atoms with E-state index in [-0.39, 0.29) is 18.1 Å². The normalized spacial score (nSPS) is 17.6. The minimum atomic E-state index is -0.932. The molecule has 0 saturated heterocycles. The molecule has 0 saturated carbocycles. The van der Waals surface area contributed by atoms with Crippen molar-refractivity contribution >= 4 is 5.91 Å². The summed E-state index contributed by atoms with van der Waals surface area (Å²) in [7, 11) is 0. The second-order valence-corrected chi connectivity index (χ2v) is 3.23. The number of rotatable bonds is 5. The SMILES string of the molecule is CCC(C)OC(O)C(C)NC(C)=O. The fourth-order valence-corrected chi connectivity index (χ4v) is 0.844. The molecule has 0 aromatic heterocycles. The predicted molar refractivity (Wildman–Crippen MR) is 50.1 cm³/mol. The number of aliphatic hydroxyl groups excluding tert-OH is 1. The van der Waals surface area contributed by atoms with Crippen LogP contribution in [0.25, 0.3) is 0 Å². The molecule has 2 N–H and O–H groups in total. The lowest BCUT2D eigenvalue weighted by Crippen LogP contribution is -2.42. The van der Waals surface area contributed by atoms with E-state index in [1.165, 1.54) is 6.92 Å². The van der Waals surface area contributed by atoms with E-state index in [1.54, 1.807) is 6.92 Å². The van der Waals surface area contributed by atoms with Crippen LogP contribution in [0.2, 0.25) is 0 Å². The molecule has 0 rings (SSSR count). The first-order chi connectivity index (χ1) is 5.97. The second kappa shape index (κ2) is 5.94. The summed E-state index contributed by atoms with van der Waals surface area (Å²) in [4.78, 5) is 10.6. The zero-order valence-corrected chi connectivity index (χ0v) is 8.70. The standard InChI is InChI=1S/C9H19NO3/c1-5-6(2)13-9(12)7(3)10-8(4)11/h6-7,9,12H,5H2,1-4H3,(H,10,11). The molecule has 3 atom stereocenters. The Kier molecular flexibility index (Phi) is 5.66. The van der Waals surface area contributed by atoms with Crippen LogP contribution in [0.1, 0.15) is 34.1 Å². The molecule has 1 amide bonds. The largest absolute Gasteiger partial charge is 0.366 e. The molecular weight excluding hydrogens is 170 g/mol. The molecule has 0 heterocycles. The molecule has 4 nitrogen and oxygen atoms in total. The third-order valence-electron chi connectivity index (χ3n) is 1.81. The number of hydrogen-bond acceptors (Lipinski definition) is 3. The molecule has 4 heteroatoms. The van der Waals surface area contributed by atoms with Crippen molar-refractivity contribution in [3.05, 3.63) is 0 Å². The lowest BCUT2D eigenvalue weighted by molar-refractivity contribution is -0.151. The maximum absolute atomic E-state index is 10.6. The zero-order valence-electron chi connectivity index (χ0n) is 8.70. The van der Waals surface area contributed by atoms with Crippen LogP contribution in [0.3, 0.4) is 0 Å². The number of aliphatic hydroxyl groups is 1. The highest BCUT2D eigenvalue weighted by Gasteiger charge is 2.17. The van der Waals surface area contributed by atoms with E-state index < -0.39 is 6.29 Å². The molecule has 0 aromatic rings. The van der Waals surface area contributed by atoms with Gasteiger partial charge in [0.1, 0.15) is 0 Å². The fourth-order valence-electron chi connectivity index (χ4n) is 0.844. The molecule has 0 aliphatic carbocycles. The average molecular weight is 189 g/mol. The maximum Gasteiger partial charge on any atom is 0.217 e. The maximum atomic E-state index is 10.6. The van der Waals surface area contributed by atoms with Crippen molar-refractivity contribution < 1.29 is 14.6 Å². The minimum Gasteiger partial charge on any atom is -0.366 e. The van der Waals surface area contributed by atoms with Gasteiger partial charge in [-0.15, -0.1) is 0 Å². The number of amides is 1. The fraction of sp³-hybridized carbons (Fsp3) is 0.889. The van der Waals surface area contributed by atoms with Gasteiger partial charge in [-0.3, -0.25) is 4.79 Å². The number of hydrogen-bond donors (Lipinski definition) is 2. The van der Waals surface area contributed by atoms with Crippen LogP contribution >= 0.6 is 0 Å². The second-order valence-electron chi connectivity index (χ2n) is 3.23. The van der Waals surface area contributed by atoms with E-state index in [1.807, 2.05) is 13.8 Å². The van der Waals surface area contributed by atoms with Crippen LogP contribution in [0.4, 0.5) is 0 Å². The molecule has 3 unspecified atom stereocenters. The molecule has 0 aliphatic heterocycles. The van der Waals surface area contributed by atoms with Crippen molar-refractivity contribution in [2.75, 3.05) is 0 Å². The Morgan fingerprint density at radius 3 is 2.46 bits per heavy atom. The van der Waals surface area contributed by atoms with Crippen molar-refractivity contribution in [1.82, 2.24) is 5.32 Å². The van der Waals surface area contributed by atoms with Gasteiger partial charge in [-0.05, 0) is 20.3 Å². The summed E-state index contributed by atoms with van der Waals surface area (Å²) in [5, 5.41) is 12.0. The van der Waals surface area contributed by atoms with E-state index in [2.05, 4.69) is 5.32 Å². The Balaban J connectivity index is 3.81. The van der Waals surface area contributed by atoms with E-state index in [4.69, 9.17) is 4.74 Å². The lowest BCUT2D eigenvalue weighted by atomic mass is 10.3. The van der Waals surface area contributed by atoms with Crippen LogP contribution in [0.5, 0.6) is 0 Å². The van der Waals surface area contributed by atoms with Gasteiger partial charge in [-0.2, -0.15) is 0 Å². The van der Waals surface area contributed by atoms with Gasteiger partial charge in [-0.1, -0.05) is 6.92 Å². The Hall–Kier alpha value is -0.610. The first kappa shape index (κ1) is 12.4. The zero-order chi connectivity index (χ0) is 10.4. The number of carbonyl (C=O) groups is 1. The van der Waals surface area contributed by atoms with Gasteiger partial charge >= 0.3 is 0 Å². The van der Waals surface area contributed by atoms with Gasteiger partial charge in [-0.25, -0.2) is 0 Å². The molecule has 13 heavy (non-hydrogen) atoms. The lowest BCUT2D eigenvalue weighted by Gasteiger charge is -2.22. The molecule has 0 spiro atoms. The van der Waals surface area contributed by atoms with Crippen LogP contribution in [0, 0.1) is 0 Å². The highest BCUT2D eigenvalue weighted by atomic mass is 16.6. The van der Waals surface area contributed by atoms with Crippen molar-refractivity contribution in [3.63, 3.8) is 0 Å². The van der Waals surface area contributed by atoms with Gasteiger partial charge in [0.2, 0.25) is 5.91 Å². The van der Waals surface area contributed by atoms with Gasteiger partial charge < -0.3 is 15.2 Å². The third-order valence-corrected chi connectivity index (χ3v) is 1.81. The smallest absolute Gasteiger partial charge is 0.217 e. The van der Waals surface area contributed by atoms with Gasteiger partial charge in [0.25, 0.3) is 0 Å². The summed E-state index contributed by atoms with van der Waals surface area (Å²) < 4.78 is 5.20. The topological polar surface area (TPSA) is 58.6 Å². The number of carbonyl (C=O) groups excluding carboxylic acids is 1. The summed E-state index contributed by atoms with van der Waals surface area (Å²) in [5.41, 5.74) is 0. The van der Waals surface area contributed by atoms with E-state index >= 15 is 0 Å². The highest BCUT2D eigenvalue weighted by molar-refractivity contribution is 5.73. The Bertz CT molecular complexity index is 161. The Morgan fingerprint density at radius 2 is 2.08 bits per heavy atom. The quantitative estimate of drug-likeness (QED) is 0.624. The van der Waals surface area contributed by atoms with E-state index in [9.17, 15) is 9.90 Å². The minimum absolute atomic E-state index is 0.00575. The molecule has 0 aromatic carbocycles. The summed E-state index contributed by atoms with van der Waals surface area (Å²) in [5.74, 6) is -0.167. The van der Waals surface area contributed by atoms with E-state index in [0.717, 1.165) is 6.42 Å². The molecule has 78 valence electrons. The third kappa shape index (κ3) is 5.60. The summed E-state index contributed by atoms with van der Waals surface area (Å²) in [6.45, 7) is 6.96. The predicted octanol–water partition coefficient (Wildman–Crippen LogP) is 0.645. The van der Waals surface area contributed by atoms with Crippen molar-refractivity contribution in [3.8, 4) is 0 Å². The Labute approximate surface area is 79.3 Å². The van der Waals surface area contributed by atoms with Crippen LogP contribution < -0.4 is 5.32 Å². The first-order valence-corrected chi connectivity index (χ1v) is 4.58. The van der Waals surface area contributed by atoms with Crippen molar-refractivity contribution in [1.29, 1.82) is 0 Å². The van der Waals surface area contributed by atoms with E-state index in [0.29, 0.717) is 0 Å². The summed E-state index contributed by atoms with van der Waals surface area (Å²) in [6.07, 6.45) is -0.0887. The molecule has 0 radical (unpaired) electrons. The average Bonchev–Trinajstić information content (AvgIpc) is 2.02. The summed E-state index contributed by atoms with van der Waals surface area (Å²) in [6, 6.07) is -0.369. The van der Waals surface area contributed by atoms with Crippen LogP contribution in [0.15, 0.2) is 0 Å². The first-order valence-electron chi connectivity index (χ1n) is 4.58. The van der Waals surface area contributed by atoms with Gasteiger partial charge in [0, 0.05) is 6.92 Å². The molecule has 0 fully saturated rings. The van der Waals surface area contributed by atoms with Crippen molar-refractivity contribution in [2.45, 2.75) is 52.6 Å². The van der Waals surface area contributed by atoms with Crippen LogP contribution in [-0.4, -0.2) is 29.4 Å². The number of ether oxygens (including phenoxy) is 1. The van der Waals surface area contributed by atoms with Gasteiger partial charge in [0.05, 0.1) is 12.1 Å². The van der Waals surface area contributed by atoms with Crippen LogP contribution in [-0.2, 0) is 9.53 Å². The molecule has 0 aliphatic rings. The monoisotopic (exact) mass is 189 g/mol. The summed E-state index contributed by atoms with van der Waals surface area (Å²) >= 11 is 0. The number of nitrogens with one attached hydrogen (secondary N) is 1. The van der Waals surface area contributed by atoms with Crippen molar-refractivity contribution in [2.24, 2.45) is 0 Å². The van der Waals surface area contributed by atoms with Gasteiger partial charge in [0.15, 0.2) is 6.29 Å². The Morgan fingerprint density at radius 1 is 1.54 bits per heavy atom. The highest BCUT2D eigenvalue weighted by Crippen LogP contribution is 2.03. The molecule has 0 bridgehead atoms.